The average molecular weight is 330 g/mol. The summed E-state index contributed by atoms with van der Waals surface area (Å²) in [6.45, 7) is 10.2. The van der Waals surface area contributed by atoms with Crippen molar-refractivity contribution in [2.75, 3.05) is 0 Å². The molecule has 7 heteroatoms. The number of rotatable bonds is 4. The smallest absolute Gasteiger partial charge is 0.315 e. The van der Waals surface area contributed by atoms with Gasteiger partial charge in [0, 0.05) is 7.05 Å². The van der Waals surface area contributed by atoms with E-state index in [0.717, 1.165) is 11.1 Å². The monoisotopic (exact) mass is 330 g/mol. The minimum atomic E-state index is -0.289. The summed E-state index contributed by atoms with van der Waals surface area (Å²) in [5.41, 5.74) is 2.15. The predicted octanol–water partition coefficient (Wildman–Crippen LogP) is 2.67. The molecule has 0 aliphatic heterocycles. The number of aromatic nitrogens is 4. The molecule has 0 saturated heterocycles. The molecule has 2 atom stereocenters. The normalized spacial score (nSPS) is 14.1. The Bertz CT molecular complexity index is 703. The van der Waals surface area contributed by atoms with Crippen LogP contribution in [-0.4, -0.2) is 26.2 Å². The molecule has 0 fully saturated rings. The fourth-order valence-corrected chi connectivity index (χ4v) is 2.71. The van der Waals surface area contributed by atoms with Crippen molar-refractivity contribution in [3.05, 3.63) is 41.2 Å². The van der Waals surface area contributed by atoms with Crippen molar-refractivity contribution in [1.29, 1.82) is 0 Å². The molecule has 0 radical (unpaired) electrons. The fourth-order valence-electron chi connectivity index (χ4n) is 2.71. The van der Waals surface area contributed by atoms with Crippen molar-refractivity contribution in [3.8, 4) is 0 Å². The van der Waals surface area contributed by atoms with Gasteiger partial charge in [-0.3, -0.25) is 0 Å². The van der Waals surface area contributed by atoms with E-state index in [1.54, 1.807) is 11.7 Å². The van der Waals surface area contributed by atoms with Crippen LogP contribution in [0.5, 0.6) is 0 Å². The highest BCUT2D eigenvalue weighted by Gasteiger charge is 2.29. The number of hydrogen-bond donors (Lipinski definition) is 2. The first-order valence-electron chi connectivity index (χ1n) is 8.05. The Kier molecular flexibility index (Phi) is 5.21. The van der Waals surface area contributed by atoms with Crippen LogP contribution in [0.2, 0.25) is 0 Å². The summed E-state index contributed by atoms with van der Waals surface area (Å²) in [5, 5.41) is 17.3. The van der Waals surface area contributed by atoms with E-state index in [1.165, 1.54) is 0 Å². The van der Waals surface area contributed by atoms with Crippen LogP contribution < -0.4 is 10.6 Å². The highest BCUT2D eigenvalue weighted by molar-refractivity contribution is 5.75. The van der Waals surface area contributed by atoms with Crippen molar-refractivity contribution >= 4 is 6.03 Å². The minimum absolute atomic E-state index is 0.108. The Morgan fingerprint density at radius 3 is 2.42 bits per heavy atom. The Morgan fingerprint density at radius 1 is 1.21 bits per heavy atom. The molecule has 2 N–H and O–H groups in total. The highest BCUT2D eigenvalue weighted by atomic mass is 16.2. The highest BCUT2D eigenvalue weighted by Crippen LogP contribution is 2.34. The number of hydrogen-bond acceptors (Lipinski definition) is 4. The third-order valence-corrected chi connectivity index (χ3v) is 4.03. The van der Waals surface area contributed by atoms with Crippen molar-refractivity contribution in [2.45, 2.75) is 46.7 Å². The molecule has 1 heterocycles. The molecule has 1 aromatic heterocycles. The van der Waals surface area contributed by atoms with Crippen LogP contribution in [0.4, 0.5) is 4.79 Å². The lowest BCUT2D eigenvalue weighted by atomic mass is 9.81. The van der Waals surface area contributed by atoms with Gasteiger partial charge in [-0.15, -0.1) is 5.10 Å². The van der Waals surface area contributed by atoms with E-state index in [4.69, 9.17) is 0 Å². The van der Waals surface area contributed by atoms with Gasteiger partial charge in [0.25, 0.3) is 0 Å². The number of urea groups is 1. The van der Waals surface area contributed by atoms with E-state index >= 15 is 0 Å². The number of aryl methyl sites for hydroxylation is 2. The topological polar surface area (TPSA) is 84.7 Å². The molecule has 2 rings (SSSR count). The van der Waals surface area contributed by atoms with Crippen LogP contribution in [0, 0.1) is 12.3 Å². The maximum atomic E-state index is 12.5. The maximum Gasteiger partial charge on any atom is 0.315 e. The van der Waals surface area contributed by atoms with E-state index in [0.29, 0.717) is 5.82 Å². The van der Waals surface area contributed by atoms with Gasteiger partial charge in [-0.1, -0.05) is 45.0 Å². The zero-order valence-corrected chi connectivity index (χ0v) is 15.2. The van der Waals surface area contributed by atoms with Crippen LogP contribution in [-0.2, 0) is 7.05 Å². The summed E-state index contributed by atoms with van der Waals surface area (Å²) in [4.78, 5) is 12.5. The Hall–Kier alpha value is -2.44. The quantitative estimate of drug-likeness (QED) is 0.902. The zero-order chi connectivity index (χ0) is 17.9. The second kappa shape index (κ2) is 6.98. The molecule has 0 saturated carbocycles. The predicted molar refractivity (Wildman–Crippen MR) is 92.3 cm³/mol. The SMILES string of the molecule is Cc1ccccc1[C@H](NC(=O)N[C@@H](C)c1nnnn1C)C(C)(C)C. The molecule has 7 nitrogen and oxygen atoms in total. The van der Waals surface area contributed by atoms with Gasteiger partial charge in [-0.25, -0.2) is 9.48 Å². The molecular weight excluding hydrogens is 304 g/mol. The summed E-state index contributed by atoms with van der Waals surface area (Å²) < 4.78 is 1.55. The first-order valence-corrected chi connectivity index (χ1v) is 8.05. The second-order valence-corrected chi connectivity index (χ2v) is 7.16. The van der Waals surface area contributed by atoms with Gasteiger partial charge in [-0.05, 0) is 40.8 Å². The number of nitrogens with one attached hydrogen (secondary N) is 2. The van der Waals surface area contributed by atoms with Crippen LogP contribution >= 0.6 is 0 Å². The van der Waals surface area contributed by atoms with E-state index < -0.39 is 0 Å². The van der Waals surface area contributed by atoms with E-state index in [9.17, 15) is 4.79 Å². The van der Waals surface area contributed by atoms with E-state index in [-0.39, 0.29) is 23.5 Å². The summed E-state index contributed by atoms with van der Waals surface area (Å²) in [6, 6.07) is 7.47. The Balaban J connectivity index is 2.14. The summed E-state index contributed by atoms with van der Waals surface area (Å²) in [5.74, 6) is 0.605. The number of amides is 2. The molecule has 0 aliphatic rings. The molecule has 0 bridgehead atoms. The molecule has 1 aromatic carbocycles. The summed E-state index contributed by atoms with van der Waals surface area (Å²) in [6.07, 6.45) is 0. The summed E-state index contributed by atoms with van der Waals surface area (Å²) >= 11 is 0. The maximum absolute atomic E-state index is 12.5. The lowest BCUT2D eigenvalue weighted by molar-refractivity contribution is 0.215. The van der Waals surface area contributed by atoms with Crippen molar-refractivity contribution in [1.82, 2.24) is 30.8 Å². The fraction of sp³-hybridized carbons (Fsp3) is 0.529. The first-order chi connectivity index (χ1) is 11.2. The van der Waals surface area contributed by atoms with Crippen molar-refractivity contribution < 1.29 is 4.79 Å². The van der Waals surface area contributed by atoms with E-state index in [2.05, 4.69) is 66.0 Å². The summed E-state index contributed by atoms with van der Waals surface area (Å²) in [7, 11) is 1.75. The number of tetrazole rings is 1. The molecule has 0 unspecified atom stereocenters. The first kappa shape index (κ1) is 17.9. The zero-order valence-electron chi connectivity index (χ0n) is 15.2. The lowest BCUT2D eigenvalue weighted by Crippen LogP contribution is -2.44. The van der Waals surface area contributed by atoms with Crippen LogP contribution in [0.25, 0.3) is 0 Å². The van der Waals surface area contributed by atoms with Gasteiger partial charge in [0.2, 0.25) is 0 Å². The van der Waals surface area contributed by atoms with Gasteiger partial charge in [0.15, 0.2) is 5.82 Å². The van der Waals surface area contributed by atoms with Crippen molar-refractivity contribution in [3.63, 3.8) is 0 Å². The van der Waals surface area contributed by atoms with Gasteiger partial charge in [-0.2, -0.15) is 0 Å². The van der Waals surface area contributed by atoms with Crippen LogP contribution in [0.1, 0.15) is 56.7 Å². The largest absolute Gasteiger partial charge is 0.331 e. The molecule has 2 amide bonds. The third-order valence-electron chi connectivity index (χ3n) is 4.03. The van der Waals surface area contributed by atoms with Gasteiger partial charge in [0.1, 0.15) is 0 Å². The number of carbonyl (C=O) groups is 1. The lowest BCUT2D eigenvalue weighted by Gasteiger charge is -2.33. The number of benzene rings is 1. The van der Waals surface area contributed by atoms with Crippen LogP contribution in [0.15, 0.2) is 24.3 Å². The Labute approximate surface area is 142 Å². The third kappa shape index (κ3) is 4.10. The minimum Gasteiger partial charge on any atom is -0.331 e. The Morgan fingerprint density at radius 2 is 1.88 bits per heavy atom. The second-order valence-electron chi connectivity index (χ2n) is 7.16. The molecular formula is C17H26N6O. The molecule has 2 aromatic rings. The number of carbonyl (C=O) groups excluding carboxylic acids is 1. The standard InChI is InChI=1S/C17H26N6O/c1-11-9-7-8-10-13(11)14(17(3,4)5)19-16(24)18-12(2)15-20-21-22-23(15)6/h7-10,12,14H,1-6H3,(H2,18,19,24)/t12-,14-/m0/s1. The number of nitrogens with zero attached hydrogens (tertiary/aromatic N) is 4. The van der Waals surface area contributed by atoms with E-state index in [1.807, 2.05) is 19.1 Å². The van der Waals surface area contributed by atoms with Gasteiger partial charge >= 0.3 is 6.03 Å². The van der Waals surface area contributed by atoms with Gasteiger partial charge in [0.05, 0.1) is 12.1 Å². The average Bonchev–Trinajstić information content (AvgIpc) is 2.91. The molecule has 130 valence electrons. The van der Waals surface area contributed by atoms with Crippen molar-refractivity contribution in [2.24, 2.45) is 12.5 Å². The van der Waals surface area contributed by atoms with Gasteiger partial charge < -0.3 is 10.6 Å². The van der Waals surface area contributed by atoms with Crippen LogP contribution in [0.3, 0.4) is 0 Å². The molecule has 0 aliphatic carbocycles. The molecule has 24 heavy (non-hydrogen) atoms. The molecule has 0 spiro atoms.